The first-order valence-corrected chi connectivity index (χ1v) is 8.38. The summed E-state index contributed by atoms with van der Waals surface area (Å²) in [6.07, 6.45) is 0. The van der Waals surface area contributed by atoms with Crippen LogP contribution in [0.25, 0.3) is 16.6 Å². The Morgan fingerprint density at radius 2 is 1.91 bits per heavy atom. The first-order chi connectivity index (χ1) is 10.6. The number of aromatic nitrogens is 2. The van der Waals surface area contributed by atoms with Crippen LogP contribution in [0, 0.1) is 6.92 Å². The van der Waals surface area contributed by atoms with Gasteiger partial charge in [0.2, 0.25) is 0 Å². The summed E-state index contributed by atoms with van der Waals surface area (Å²) in [4.78, 5) is 17.5. The second-order valence-electron chi connectivity index (χ2n) is 4.96. The highest BCUT2D eigenvalue weighted by Crippen LogP contribution is 2.23. The van der Waals surface area contributed by atoms with Crippen molar-refractivity contribution in [3.63, 3.8) is 0 Å². The van der Waals surface area contributed by atoms with E-state index in [1.54, 1.807) is 34.5 Å². The van der Waals surface area contributed by atoms with Crippen LogP contribution in [0.15, 0.2) is 52.4 Å². The second-order valence-corrected chi connectivity index (χ2v) is 6.63. The van der Waals surface area contributed by atoms with E-state index in [1.807, 2.05) is 38.1 Å². The van der Waals surface area contributed by atoms with Crippen molar-refractivity contribution in [3.05, 3.63) is 63.4 Å². The Morgan fingerprint density at radius 3 is 2.59 bits per heavy atom. The van der Waals surface area contributed by atoms with Crippen molar-refractivity contribution in [3.8, 4) is 5.69 Å². The zero-order valence-electron chi connectivity index (χ0n) is 12.3. The molecule has 0 atom stereocenters. The van der Waals surface area contributed by atoms with Gasteiger partial charge in [0.1, 0.15) is 0 Å². The minimum Gasteiger partial charge on any atom is -0.268 e. The Morgan fingerprint density at radius 1 is 1.18 bits per heavy atom. The lowest BCUT2D eigenvalue weighted by molar-refractivity contribution is 0.820. The molecule has 112 valence electrons. The first-order valence-electron chi connectivity index (χ1n) is 7.02. The van der Waals surface area contributed by atoms with Crippen LogP contribution < -0.4 is 5.56 Å². The molecule has 0 amide bonds. The van der Waals surface area contributed by atoms with Crippen LogP contribution in [0.5, 0.6) is 0 Å². The Bertz CT molecular complexity index is 888. The van der Waals surface area contributed by atoms with Gasteiger partial charge in [-0.2, -0.15) is 0 Å². The molecule has 0 unspecified atom stereocenters. The van der Waals surface area contributed by atoms with Crippen molar-refractivity contribution in [2.45, 2.75) is 19.0 Å². The van der Waals surface area contributed by atoms with Gasteiger partial charge in [0.25, 0.3) is 5.56 Å². The fraction of sp³-hybridized carbons (Fsp3) is 0.176. The standard InChI is InChI=1S/C17H15ClN2OS/c1-3-22-17-19-15-10-12(18)6-9-14(15)16(21)20(17)13-7-4-11(2)5-8-13/h4-10H,3H2,1-2H3. The molecule has 0 aliphatic carbocycles. The Kier molecular flexibility index (Phi) is 4.23. The molecule has 22 heavy (non-hydrogen) atoms. The summed E-state index contributed by atoms with van der Waals surface area (Å²) < 4.78 is 1.67. The number of aryl methyl sites for hydroxylation is 1. The lowest BCUT2D eigenvalue weighted by atomic mass is 10.2. The molecule has 0 radical (unpaired) electrons. The maximum absolute atomic E-state index is 12.9. The van der Waals surface area contributed by atoms with E-state index in [0.717, 1.165) is 17.0 Å². The van der Waals surface area contributed by atoms with Gasteiger partial charge >= 0.3 is 0 Å². The van der Waals surface area contributed by atoms with E-state index in [2.05, 4.69) is 4.98 Å². The van der Waals surface area contributed by atoms with Crippen molar-refractivity contribution in [1.82, 2.24) is 9.55 Å². The van der Waals surface area contributed by atoms with Crippen molar-refractivity contribution in [1.29, 1.82) is 0 Å². The number of fused-ring (bicyclic) bond motifs is 1. The summed E-state index contributed by atoms with van der Waals surface area (Å²) in [5, 5.41) is 1.84. The smallest absolute Gasteiger partial charge is 0.266 e. The quantitative estimate of drug-likeness (QED) is 0.525. The van der Waals surface area contributed by atoms with Crippen molar-refractivity contribution in [2.24, 2.45) is 0 Å². The molecule has 3 nitrogen and oxygen atoms in total. The van der Waals surface area contributed by atoms with Gasteiger partial charge in [-0.15, -0.1) is 0 Å². The highest BCUT2D eigenvalue weighted by Gasteiger charge is 2.13. The van der Waals surface area contributed by atoms with Crippen molar-refractivity contribution >= 4 is 34.3 Å². The summed E-state index contributed by atoms with van der Waals surface area (Å²) >= 11 is 7.56. The molecule has 1 heterocycles. The summed E-state index contributed by atoms with van der Waals surface area (Å²) in [5.74, 6) is 0.838. The molecule has 0 N–H and O–H groups in total. The Balaban J connectivity index is 2.33. The maximum Gasteiger partial charge on any atom is 0.266 e. The third-order valence-electron chi connectivity index (χ3n) is 3.37. The molecule has 0 aliphatic heterocycles. The number of nitrogens with zero attached hydrogens (tertiary/aromatic N) is 2. The number of halogens is 1. The fourth-order valence-corrected chi connectivity index (χ4v) is 3.19. The number of hydrogen-bond acceptors (Lipinski definition) is 3. The normalized spacial score (nSPS) is 11.0. The molecule has 5 heteroatoms. The summed E-state index contributed by atoms with van der Waals surface area (Å²) in [7, 11) is 0. The average Bonchev–Trinajstić information content (AvgIpc) is 2.49. The van der Waals surface area contributed by atoms with E-state index in [-0.39, 0.29) is 5.56 Å². The predicted molar refractivity (Wildman–Crippen MR) is 93.5 cm³/mol. The van der Waals surface area contributed by atoms with E-state index in [1.165, 1.54) is 0 Å². The van der Waals surface area contributed by atoms with Crippen LogP contribution in [0.1, 0.15) is 12.5 Å². The molecular formula is C17H15ClN2OS. The topological polar surface area (TPSA) is 34.9 Å². The minimum atomic E-state index is -0.0681. The minimum absolute atomic E-state index is 0.0681. The third kappa shape index (κ3) is 2.76. The Labute approximate surface area is 138 Å². The molecule has 0 bridgehead atoms. The highest BCUT2D eigenvalue weighted by atomic mass is 35.5. The van der Waals surface area contributed by atoms with Crippen LogP contribution in [-0.4, -0.2) is 15.3 Å². The van der Waals surface area contributed by atoms with E-state index >= 15 is 0 Å². The van der Waals surface area contributed by atoms with Crippen LogP contribution in [-0.2, 0) is 0 Å². The Hall–Kier alpha value is -1.78. The van der Waals surface area contributed by atoms with Crippen molar-refractivity contribution in [2.75, 3.05) is 5.75 Å². The molecular weight excluding hydrogens is 316 g/mol. The van der Waals surface area contributed by atoms with Gasteiger partial charge in [-0.25, -0.2) is 4.98 Å². The highest BCUT2D eigenvalue weighted by molar-refractivity contribution is 7.99. The third-order valence-corrected chi connectivity index (χ3v) is 4.42. The van der Waals surface area contributed by atoms with Gasteiger partial charge in [0.15, 0.2) is 5.16 Å². The zero-order valence-corrected chi connectivity index (χ0v) is 13.9. The van der Waals surface area contributed by atoms with Crippen LogP contribution in [0.3, 0.4) is 0 Å². The maximum atomic E-state index is 12.9. The number of benzene rings is 2. The van der Waals surface area contributed by atoms with Crippen LogP contribution in [0.4, 0.5) is 0 Å². The zero-order chi connectivity index (χ0) is 15.7. The van der Waals surface area contributed by atoms with Gasteiger partial charge < -0.3 is 0 Å². The second kappa shape index (κ2) is 6.15. The molecule has 3 rings (SSSR count). The molecule has 0 saturated heterocycles. The molecule has 0 aliphatic rings. The fourth-order valence-electron chi connectivity index (χ4n) is 2.29. The number of hydrogen-bond donors (Lipinski definition) is 0. The monoisotopic (exact) mass is 330 g/mol. The first kappa shape index (κ1) is 15.1. The molecule has 3 aromatic rings. The lowest BCUT2D eigenvalue weighted by Gasteiger charge is -2.13. The average molecular weight is 331 g/mol. The van der Waals surface area contributed by atoms with Crippen LogP contribution in [0.2, 0.25) is 5.02 Å². The van der Waals surface area contributed by atoms with E-state index in [4.69, 9.17) is 11.6 Å². The van der Waals surface area contributed by atoms with Gasteiger partial charge in [0, 0.05) is 5.02 Å². The largest absolute Gasteiger partial charge is 0.268 e. The SMILES string of the molecule is CCSc1nc2cc(Cl)ccc2c(=O)n1-c1ccc(C)cc1. The van der Waals surface area contributed by atoms with E-state index < -0.39 is 0 Å². The molecule has 1 aromatic heterocycles. The molecule has 0 spiro atoms. The molecule has 2 aromatic carbocycles. The van der Waals surface area contributed by atoms with Crippen molar-refractivity contribution < 1.29 is 0 Å². The predicted octanol–water partition coefficient (Wildman–Crippen LogP) is 4.46. The van der Waals surface area contributed by atoms with Gasteiger partial charge in [0.05, 0.1) is 16.6 Å². The van der Waals surface area contributed by atoms with Crippen LogP contribution >= 0.6 is 23.4 Å². The van der Waals surface area contributed by atoms with E-state index in [9.17, 15) is 4.79 Å². The van der Waals surface area contributed by atoms with E-state index in [0.29, 0.717) is 21.1 Å². The lowest BCUT2D eigenvalue weighted by Crippen LogP contribution is -2.21. The molecule has 0 saturated carbocycles. The number of thioether (sulfide) groups is 1. The van der Waals surface area contributed by atoms with Gasteiger partial charge in [-0.1, -0.05) is 48.0 Å². The number of rotatable bonds is 3. The summed E-state index contributed by atoms with van der Waals surface area (Å²) in [6.45, 7) is 4.06. The molecule has 0 fully saturated rings. The van der Waals surface area contributed by atoms with Gasteiger partial charge in [-0.3, -0.25) is 9.36 Å². The summed E-state index contributed by atoms with van der Waals surface area (Å²) in [6, 6.07) is 13.1. The van der Waals surface area contributed by atoms with Gasteiger partial charge in [-0.05, 0) is 43.0 Å². The summed E-state index contributed by atoms with van der Waals surface area (Å²) in [5.41, 5.74) is 2.55.